The van der Waals surface area contributed by atoms with Gasteiger partial charge in [-0.25, -0.2) is 4.68 Å². The molecule has 0 spiro atoms. The highest BCUT2D eigenvalue weighted by Gasteiger charge is 2.47. The Bertz CT molecular complexity index is 1240. The second-order valence-corrected chi connectivity index (χ2v) is 7.35. The van der Waals surface area contributed by atoms with Crippen molar-refractivity contribution in [3.05, 3.63) is 78.4 Å². The predicted octanol–water partition coefficient (Wildman–Crippen LogP) is 5.54. The number of hydrogen-bond acceptors (Lipinski definition) is 4. The van der Waals surface area contributed by atoms with Crippen LogP contribution < -0.4 is 10.6 Å². The molecule has 2 N–H and O–H groups in total. The third-order valence-electron chi connectivity index (χ3n) is 5.35. The molecule has 31 heavy (non-hydrogen) atoms. The number of amides is 1. The monoisotopic (exact) mass is 426 g/mol. The highest BCUT2D eigenvalue weighted by atomic mass is 19.4. The molecule has 1 amide bonds. The van der Waals surface area contributed by atoms with Gasteiger partial charge in [0.25, 0.3) is 5.91 Å². The van der Waals surface area contributed by atoms with Crippen LogP contribution in [-0.4, -0.2) is 21.9 Å². The number of alkyl halides is 3. The molecule has 0 unspecified atom stereocenters. The predicted molar refractivity (Wildman–Crippen MR) is 109 cm³/mol. The summed E-state index contributed by atoms with van der Waals surface area (Å²) in [4.78, 5) is 12.8. The van der Waals surface area contributed by atoms with Gasteiger partial charge in [-0.1, -0.05) is 36.4 Å². The molecule has 0 saturated carbocycles. The zero-order valence-electron chi connectivity index (χ0n) is 16.1. The van der Waals surface area contributed by atoms with Crippen molar-refractivity contribution in [1.82, 2.24) is 9.78 Å². The van der Waals surface area contributed by atoms with Crippen LogP contribution in [0.4, 0.5) is 24.7 Å². The summed E-state index contributed by atoms with van der Waals surface area (Å²) in [5.41, 5.74) is 0.452. The van der Waals surface area contributed by atoms with Gasteiger partial charge in [-0.15, -0.1) is 0 Å². The minimum absolute atomic E-state index is 0.107. The van der Waals surface area contributed by atoms with Crippen LogP contribution in [-0.2, 0) is 0 Å². The van der Waals surface area contributed by atoms with Gasteiger partial charge in [-0.3, -0.25) is 4.79 Å². The van der Waals surface area contributed by atoms with Crippen molar-refractivity contribution in [2.75, 3.05) is 10.6 Å². The summed E-state index contributed by atoms with van der Waals surface area (Å²) >= 11 is 0. The molecule has 3 heterocycles. The smallest absolute Gasteiger partial charge is 0.410 e. The molecule has 6 nitrogen and oxygen atoms in total. The first kappa shape index (κ1) is 19.2. The number of nitrogens with zero attached hydrogens (tertiary/aromatic N) is 2. The van der Waals surface area contributed by atoms with Crippen LogP contribution >= 0.6 is 0 Å². The molecule has 5 rings (SSSR count). The average molecular weight is 426 g/mol. The number of halogens is 3. The topological polar surface area (TPSA) is 72.1 Å². The first-order valence-corrected chi connectivity index (χ1v) is 9.65. The van der Waals surface area contributed by atoms with Crippen molar-refractivity contribution in [2.24, 2.45) is 0 Å². The summed E-state index contributed by atoms with van der Waals surface area (Å²) in [5, 5.41) is 11.5. The zero-order chi connectivity index (χ0) is 21.6. The van der Waals surface area contributed by atoms with Gasteiger partial charge in [0.1, 0.15) is 11.6 Å². The molecule has 2 aromatic carbocycles. The maximum absolute atomic E-state index is 13.7. The number of benzene rings is 2. The number of carbonyl (C=O) groups excluding carboxylic acids is 1. The number of nitrogens with one attached hydrogen (secondary N) is 2. The van der Waals surface area contributed by atoms with E-state index in [1.165, 1.54) is 12.3 Å². The molecule has 4 aromatic rings. The van der Waals surface area contributed by atoms with Crippen LogP contribution in [0.5, 0.6) is 0 Å². The van der Waals surface area contributed by atoms with Crippen LogP contribution in [0.25, 0.3) is 10.8 Å². The average Bonchev–Trinajstić information content (AvgIpc) is 3.42. The fraction of sp³-hybridized carbons (Fsp3) is 0.182. The van der Waals surface area contributed by atoms with Gasteiger partial charge < -0.3 is 15.1 Å². The van der Waals surface area contributed by atoms with Gasteiger partial charge in [0.05, 0.1) is 12.3 Å². The Kier molecular flexibility index (Phi) is 4.46. The maximum atomic E-state index is 13.7. The van der Waals surface area contributed by atoms with E-state index in [1.54, 1.807) is 24.3 Å². The van der Waals surface area contributed by atoms with E-state index in [1.807, 2.05) is 30.3 Å². The minimum atomic E-state index is -4.53. The lowest BCUT2D eigenvalue weighted by molar-refractivity contribution is -0.174. The van der Waals surface area contributed by atoms with Crippen molar-refractivity contribution in [2.45, 2.75) is 24.7 Å². The summed E-state index contributed by atoms with van der Waals surface area (Å²) in [5.74, 6) is -0.0861. The van der Waals surface area contributed by atoms with E-state index in [2.05, 4.69) is 15.7 Å². The molecular weight excluding hydrogens is 409 g/mol. The fourth-order valence-corrected chi connectivity index (χ4v) is 3.88. The Balaban J connectivity index is 1.47. The quantitative estimate of drug-likeness (QED) is 0.451. The summed E-state index contributed by atoms with van der Waals surface area (Å²) < 4.78 is 47.4. The lowest BCUT2D eigenvalue weighted by Gasteiger charge is -2.32. The van der Waals surface area contributed by atoms with Crippen molar-refractivity contribution in [3.8, 4) is 0 Å². The number of hydrogen-bond donors (Lipinski definition) is 2. The molecule has 2 aromatic heterocycles. The molecule has 158 valence electrons. The fourth-order valence-electron chi connectivity index (χ4n) is 3.88. The number of furan rings is 1. The molecule has 0 saturated heterocycles. The summed E-state index contributed by atoms with van der Waals surface area (Å²) in [6.45, 7) is 0. The number of rotatable bonds is 3. The lowest BCUT2D eigenvalue weighted by Crippen LogP contribution is -2.35. The molecule has 1 aliphatic rings. The highest BCUT2D eigenvalue weighted by Crippen LogP contribution is 2.43. The minimum Gasteiger partial charge on any atom is -0.467 e. The maximum Gasteiger partial charge on any atom is 0.410 e. The van der Waals surface area contributed by atoms with E-state index < -0.39 is 24.2 Å². The molecule has 0 bridgehead atoms. The van der Waals surface area contributed by atoms with E-state index in [0.29, 0.717) is 11.4 Å². The van der Waals surface area contributed by atoms with Crippen LogP contribution in [0.15, 0.2) is 71.3 Å². The van der Waals surface area contributed by atoms with Crippen molar-refractivity contribution >= 4 is 28.2 Å². The van der Waals surface area contributed by atoms with Crippen LogP contribution in [0.1, 0.15) is 34.8 Å². The number of fused-ring (bicyclic) bond motifs is 2. The second kappa shape index (κ2) is 7.19. The van der Waals surface area contributed by atoms with Crippen molar-refractivity contribution < 1.29 is 22.4 Å². The van der Waals surface area contributed by atoms with E-state index in [9.17, 15) is 18.0 Å². The molecule has 1 aliphatic heterocycles. The zero-order valence-corrected chi connectivity index (χ0v) is 16.1. The second-order valence-electron chi connectivity index (χ2n) is 7.35. The van der Waals surface area contributed by atoms with Crippen LogP contribution in [0.3, 0.4) is 0 Å². The molecule has 2 atom stereocenters. The largest absolute Gasteiger partial charge is 0.467 e. The van der Waals surface area contributed by atoms with Gasteiger partial charge >= 0.3 is 6.18 Å². The van der Waals surface area contributed by atoms with Crippen molar-refractivity contribution in [1.29, 1.82) is 0 Å². The standard InChI is InChI=1S/C22H17F3N4O2/c23-22(24,25)19-11-16(18-9-4-10-31-18)26-20-12-17(28-29(19)20)21(30)27-15-8-3-6-13-5-1-2-7-14(13)15/h1-10,12,16,19,26H,11H2,(H,27,30)/t16-,19-/m1/s1. The molecule has 0 fully saturated rings. The molecule has 0 radical (unpaired) electrons. The SMILES string of the molecule is O=C(Nc1cccc2ccccc12)c1cc2n(n1)[C@@H](C(F)(F)F)C[C@H](c1ccco1)N2. The van der Waals surface area contributed by atoms with Gasteiger partial charge in [-0.2, -0.15) is 18.3 Å². The summed E-state index contributed by atoms with van der Waals surface area (Å²) in [6.07, 6.45) is -3.41. The third-order valence-corrected chi connectivity index (χ3v) is 5.35. The van der Waals surface area contributed by atoms with E-state index >= 15 is 0 Å². The Labute approximate surface area is 174 Å². The summed E-state index contributed by atoms with van der Waals surface area (Å²) in [6, 6.07) is 14.9. The molecule has 0 aliphatic carbocycles. The van der Waals surface area contributed by atoms with E-state index in [-0.39, 0.29) is 17.9 Å². The molecular formula is C22H17F3N4O2. The number of anilines is 2. The Morgan fingerprint density at radius 1 is 1.13 bits per heavy atom. The Morgan fingerprint density at radius 2 is 1.94 bits per heavy atom. The summed E-state index contributed by atoms with van der Waals surface area (Å²) in [7, 11) is 0. The Hall–Kier alpha value is -3.75. The van der Waals surface area contributed by atoms with Gasteiger partial charge in [-0.05, 0) is 23.6 Å². The van der Waals surface area contributed by atoms with Crippen LogP contribution in [0.2, 0.25) is 0 Å². The van der Waals surface area contributed by atoms with Gasteiger partial charge in [0.15, 0.2) is 11.7 Å². The highest BCUT2D eigenvalue weighted by molar-refractivity contribution is 6.08. The van der Waals surface area contributed by atoms with E-state index in [4.69, 9.17) is 4.42 Å². The van der Waals surface area contributed by atoms with Gasteiger partial charge in [0.2, 0.25) is 0 Å². The normalized spacial score (nSPS) is 18.4. The number of aromatic nitrogens is 2. The first-order chi connectivity index (χ1) is 14.9. The lowest BCUT2D eigenvalue weighted by atomic mass is 10.0. The molecule has 9 heteroatoms. The van der Waals surface area contributed by atoms with E-state index in [0.717, 1.165) is 15.5 Å². The Morgan fingerprint density at radius 3 is 2.71 bits per heavy atom. The van der Waals surface area contributed by atoms with Crippen LogP contribution in [0, 0.1) is 0 Å². The number of carbonyl (C=O) groups is 1. The first-order valence-electron chi connectivity index (χ1n) is 9.65. The van der Waals surface area contributed by atoms with Crippen molar-refractivity contribution in [3.63, 3.8) is 0 Å². The third kappa shape index (κ3) is 3.52. The van der Waals surface area contributed by atoms with Gasteiger partial charge in [0, 0.05) is 23.6 Å².